The van der Waals surface area contributed by atoms with Crippen LogP contribution in [0.4, 0.5) is 4.79 Å². The van der Waals surface area contributed by atoms with Crippen LogP contribution >= 0.6 is 0 Å². The van der Waals surface area contributed by atoms with Crippen molar-refractivity contribution < 1.29 is 28.9 Å². The molecule has 0 aromatic heterocycles. The van der Waals surface area contributed by atoms with Crippen LogP contribution in [0.3, 0.4) is 0 Å². The lowest BCUT2D eigenvalue weighted by Gasteiger charge is -2.25. The molecule has 0 spiro atoms. The summed E-state index contributed by atoms with van der Waals surface area (Å²) in [4.78, 5) is 27.1. The summed E-state index contributed by atoms with van der Waals surface area (Å²) >= 11 is 0. The Kier molecular flexibility index (Phi) is 6.38. The van der Waals surface area contributed by atoms with Gasteiger partial charge in [-0.1, -0.05) is 60.7 Å². The zero-order valence-corrected chi connectivity index (χ0v) is 20.1. The summed E-state index contributed by atoms with van der Waals surface area (Å²) in [5.41, 5.74) is 2.29. The molecule has 3 amide bonds. The summed E-state index contributed by atoms with van der Waals surface area (Å²) in [5, 5.41) is 13.5. The van der Waals surface area contributed by atoms with Crippen LogP contribution in [-0.2, 0) is 15.1 Å². The maximum atomic E-state index is 13.3. The summed E-state index contributed by atoms with van der Waals surface area (Å²) < 4.78 is 16.9. The van der Waals surface area contributed by atoms with Crippen molar-refractivity contribution in [3.8, 4) is 11.5 Å². The van der Waals surface area contributed by atoms with Crippen LogP contribution in [0.15, 0.2) is 72.8 Å². The molecule has 0 bridgehead atoms. The van der Waals surface area contributed by atoms with Gasteiger partial charge in [0.25, 0.3) is 5.91 Å². The van der Waals surface area contributed by atoms with Crippen LogP contribution in [0, 0.1) is 6.92 Å². The van der Waals surface area contributed by atoms with E-state index in [0.29, 0.717) is 17.1 Å². The SMILES string of the molecule is Cc1ccccc1[C@H](OC[C@H](O)CN1C(=O)N[C@@](C)(c2ccc3c(c2)OCO3)C1=O)c1ccccc1. The highest BCUT2D eigenvalue weighted by atomic mass is 16.7. The molecule has 2 aliphatic heterocycles. The van der Waals surface area contributed by atoms with E-state index in [0.717, 1.165) is 21.6 Å². The number of ether oxygens (including phenoxy) is 3. The summed E-state index contributed by atoms with van der Waals surface area (Å²) in [5.74, 6) is 0.653. The van der Waals surface area contributed by atoms with Crippen molar-refractivity contribution in [1.29, 1.82) is 0 Å². The molecule has 186 valence electrons. The van der Waals surface area contributed by atoms with Crippen LogP contribution in [0.2, 0.25) is 0 Å². The van der Waals surface area contributed by atoms with Crippen LogP contribution < -0.4 is 14.8 Å². The summed E-state index contributed by atoms with van der Waals surface area (Å²) in [6.07, 6.45) is -1.47. The number of rotatable bonds is 8. The van der Waals surface area contributed by atoms with Gasteiger partial charge in [0.2, 0.25) is 6.79 Å². The molecule has 2 N–H and O–H groups in total. The van der Waals surface area contributed by atoms with Crippen molar-refractivity contribution in [3.63, 3.8) is 0 Å². The number of nitrogens with one attached hydrogen (secondary N) is 1. The normalized spacial score (nSPS) is 20.4. The molecule has 0 radical (unpaired) electrons. The number of fused-ring (bicyclic) bond motifs is 1. The van der Waals surface area contributed by atoms with E-state index >= 15 is 0 Å². The fraction of sp³-hybridized carbons (Fsp3) is 0.286. The number of amides is 3. The van der Waals surface area contributed by atoms with E-state index in [4.69, 9.17) is 14.2 Å². The van der Waals surface area contributed by atoms with Gasteiger partial charge in [-0.3, -0.25) is 9.69 Å². The Hall–Kier alpha value is -3.88. The molecule has 3 aromatic rings. The topological polar surface area (TPSA) is 97.3 Å². The van der Waals surface area contributed by atoms with Gasteiger partial charge in [-0.25, -0.2) is 4.79 Å². The smallest absolute Gasteiger partial charge is 0.325 e. The summed E-state index contributed by atoms with van der Waals surface area (Å²) in [6.45, 7) is 3.50. The number of imide groups is 1. The van der Waals surface area contributed by atoms with Gasteiger partial charge in [0.1, 0.15) is 11.6 Å². The standard InChI is InChI=1S/C28H28N2O6/c1-18-8-6-7-11-22(18)25(19-9-4-3-5-10-19)34-16-21(31)15-30-26(32)28(2,29-27(30)33)20-12-13-23-24(14-20)36-17-35-23/h3-14,21,25,31H,15-17H2,1-2H3,(H,29,33)/t21-,25-,28+/m1/s1. The Balaban J connectivity index is 1.29. The van der Waals surface area contributed by atoms with Crippen LogP contribution in [-0.4, -0.2) is 48.0 Å². The third-order valence-electron chi connectivity index (χ3n) is 6.65. The first kappa shape index (κ1) is 23.8. The van der Waals surface area contributed by atoms with Gasteiger partial charge in [-0.05, 0) is 48.2 Å². The number of hydrogen-bond donors (Lipinski definition) is 2. The highest BCUT2D eigenvalue weighted by Gasteiger charge is 2.49. The molecular formula is C28H28N2O6. The first-order valence-corrected chi connectivity index (χ1v) is 11.8. The second-order valence-electron chi connectivity index (χ2n) is 9.17. The lowest BCUT2D eigenvalue weighted by molar-refractivity contribution is -0.132. The zero-order valence-electron chi connectivity index (χ0n) is 20.1. The molecule has 1 fully saturated rings. The molecule has 0 unspecified atom stereocenters. The van der Waals surface area contributed by atoms with E-state index in [9.17, 15) is 14.7 Å². The Morgan fingerprint density at radius 2 is 1.75 bits per heavy atom. The maximum absolute atomic E-state index is 13.3. The number of urea groups is 1. The van der Waals surface area contributed by atoms with E-state index in [1.807, 2.05) is 61.5 Å². The molecule has 1 saturated heterocycles. The number of carbonyl (C=O) groups excluding carboxylic acids is 2. The number of aliphatic hydroxyl groups excluding tert-OH is 1. The van der Waals surface area contributed by atoms with Crippen LogP contribution in [0.1, 0.15) is 35.3 Å². The molecule has 8 heteroatoms. The number of β-amino-alcohol motifs (C(OH)–C–C–N with tert-alkyl or cyclic N) is 1. The Morgan fingerprint density at radius 1 is 1.03 bits per heavy atom. The average Bonchev–Trinajstić information content (AvgIpc) is 3.44. The van der Waals surface area contributed by atoms with Gasteiger partial charge < -0.3 is 24.6 Å². The first-order valence-electron chi connectivity index (χ1n) is 11.8. The zero-order chi connectivity index (χ0) is 25.3. The fourth-order valence-electron chi connectivity index (χ4n) is 4.61. The highest BCUT2D eigenvalue weighted by Crippen LogP contribution is 2.38. The molecule has 0 saturated carbocycles. The predicted molar refractivity (Wildman–Crippen MR) is 132 cm³/mol. The number of aryl methyl sites for hydroxylation is 1. The molecule has 8 nitrogen and oxygen atoms in total. The number of hydrogen-bond acceptors (Lipinski definition) is 6. The molecule has 0 aliphatic carbocycles. The number of carbonyl (C=O) groups is 2. The quantitative estimate of drug-likeness (QED) is 0.470. The molecule has 2 aliphatic rings. The molecule has 5 rings (SSSR count). The van der Waals surface area contributed by atoms with E-state index < -0.39 is 29.7 Å². The molecule has 3 aromatic carbocycles. The van der Waals surface area contributed by atoms with Crippen molar-refractivity contribution in [3.05, 3.63) is 95.1 Å². The second kappa shape index (κ2) is 9.64. The van der Waals surface area contributed by atoms with Crippen LogP contribution in [0.25, 0.3) is 0 Å². The fourth-order valence-corrected chi connectivity index (χ4v) is 4.61. The van der Waals surface area contributed by atoms with Gasteiger partial charge >= 0.3 is 6.03 Å². The number of aliphatic hydroxyl groups is 1. The third-order valence-corrected chi connectivity index (χ3v) is 6.65. The summed E-state index contributed by atoms with van der Waals surface area (Å²) in [7, 11) is 0. The van der Waals surface area contributed by atoms with E-state index in [-0.39, 0.29) is 19.9 Å². The first-order chi connectivity index (χ1) is 17.4. The minimum absolute atomic E-state index is 0.0638. The number of benzene rings is 3. The third kappa shape index (κ3) is 4.41. The molecule has 3 atom stereocenters. The van der Waals surface area contributed by atoms with Crippen molar-refractivity contribution in [2.75, 3.05) is 19.9 Å². The monoisotopic (exact) mass is 488 g/mol. The van der Waals surface area contributed by atoms with Gasteiger partial charge in [-0.2, -0.15) is 0 Å². The van der Waals surface area contributed by atoms with E-state index in [1.165, 1.54) is 0 Å². The van der Waals surface area contributed by atoms with E-state index in [1.54, 1.807) is 25.1 Å². The largest absolute Gasteiger partial charge is 0.454 e. The van der Waals surface area contributed by atoms with Gasteiger partial charge in [0, 0.05) is 0 Å². The maximum Gasteiger partial charge on any atom is 0.325 e. The molecule has 2 heterocycles. The molecule has 36 heavy (non-hydrogen) atoms. The van der Waals surface area contributed by atoms with Crippen molar-refractivity contribution in [2.24, 2.45) is 0 Å². The van der Waals surface area contributed by atoms with Crippen molar-refractivity contribution in [2.45, 2.75) is 31.6 Å². The Labute approximate surface area is 209 Å². The predicted octanol–water partition coefficient (Wildman–Crippen LogP) is 3.66. The lowest BCUT2D eigenvalue weighted by Crippen LogP contribution is -2.42. The second-order valence-corrected chi connectivity index (χ2v) is 9.17. The van der Waals surface area contributed by atoms with Crippen LogP contribution in [0.5, 0.6) is 11.5 Å². The highest BCUT2D eigenvalue weighted by molar-refractivity contribution is 6.07. The minimum atomic E-state index is -1.29. The van der Waals surface area contributed by atoms with Gasteiger partial charge in [-0.15, -0.1) is 0 Å². The van der Waals surface area contributed by atoms with Gasteiger partial charge in [0.05, 0.1) is 19.3 Å². The Morgan fingerprint density at radius 3 is 2.53 bits per heavy atom. The van der Waals surface area contributed by atoms with Crippen molar-refractivity contribution >= 4 is 11.9 Å². The molecular weight excluding hydrogens is 460 g/mol. The Bertz CT molecular complexity index is 1280. The lowest BCUT2D eigenvalue weighted by atomic mass is 9.91. The van der Waals surface area contributed by atoms with Gasteiger partial charge in [0.15, 0.2) is 11.5 Å². The van der Waals surface area contributed by atoms with E-state index in [2.05, 4.69) is 5.32 Å². The average molecular weight is 489 g/mol. The van der Waals surface area contributed by atoms with Crippen molar-refractivity contribution in [1.82, 2.24) is 10.2 Å². The minimum Gasteiger partial charge on any atom is -0.454 e. The number of nitrogens with zero attached hydrogens (tertiary/aromatic N) is 1. The summed E-state index contributed by atoms with van der Waals surface area (Å²) in [6, 6.07) is 22.2.